The van der Waals surface area contributed by atoms with Gasteiger partial charge in [0.1, 0.15) is 0 Å². The van der Waals surface area contributed by atoms with E-state index in [1.807, 2.05) is 6.07 Å². The summed E-state index contributed by atoms with van der Waals surface area (Å²) < 4.78 is 5.23. The molecule has 0 aliphatic carbocycles. The van der Waals surface area contributed by atoms with Gasteiger partial charge in [0.05, 0.1) is 17.6 Å². The average molecular weight is 344 g/mol. The lowest BCUT2D eigenvalue weighted by atomic mass is 9.97. The van der Waals surface area contributed by atoms with Gasteiger partial charge >= 0.3 is 12.0 Å². The van der Waals surface area contributed by atoms with Gasteiger partial charge in [0.2, 0.25) is 0 Å². The van der Waals surface area contributed by atoms with E-state index in [0.717, 1.165) is 0 Å². The Morgan fingerprint density at radius 3 is 2.40 bits per heavy atom. The van der Waals surface area contributed by atoms with Crippen LogP contribution in [0, 0.1) is 17.2 Å². The fourth-order valence-electron chi connectivity index (χ4n) is 2.53. The Bertz CT molecular complexity index is 688. The highest BCUT2D eigenvalue weighted by Gasteiger charge is 2.29. The predicted octanol–water partition coefficient (Wildman–Crippen LogP) is 1.22. The number of piperidine rings is 1. The van der Waals surface area contributed by atoms with Crippen LogP contribution in [-0.4, -0.2) is 42.0 Å². The molecular weight excluding hydrogens is 324 g/mol. The van der Waals surface area contributed by atoms with Crippen molar-refractivity contribution in [2.45, 2.75) is 25.9 Å². The van der Waals surface area contributed by atoms with Crippen molar-refractivity contribution < 1.29 is 19.1 Å². The minimum absolute atomic E-state index is 0.347. The van der Waals surface area contributed by atoms with Crippen LogP contribution in [0.15, 0.2) is 24.3 Å². The second kappa shape index (κ2) is 8.15. The van der Waals surface area contributed by atoms with Gasteiger partial charge in [-0.1, -0.05) is 0 Å². The number of amides is 3. The Kier molecular flexibility index (Phi) is 5.95. The molecule has 2 rings (SSSR count). The number of nitrogens with zero attached hydrogens (tertiary/aromatic N) is 2. The van der Waals surface area contributed by atoms with Crippen LogP contribution >= 0.6 is 0 Å². The lowest BCUT2D eigenvalue weighted by Gasteiger charge is -2.30. The third-order valence-electron chi connectivity index (χ3n) is 4.08. The Morgan fingerprint density at radius 1 is 1.28 bits per heavy atom. The molecule has 1 fully saturated rings. The summed E-state index contributed by atoms with van der Waals surface area (Å²) in [5, 5.41) is 11.4. The van der Waals surface area contributed by atoms with Gasteiger partial charge in [-0.25, -0.2) is 4.79 Å². The van der Waals surface area contributed by atoms with Gasteiger partial charge in [0.15, 0.2) is 6.10 Å². The lowest BCUT2D eigenvalue weighted by molar-refractivity contribution is -0.158. The molecule has 1 aromatic rings. The molecule has 1 aliphatic heterocycles. The van der Waals surface area contributed by atoms with E-state index in [0.29, 0.717) is 37.2 Å². The number of urea groups is 1. The molecule has 1 aliphatic rings. The van der Waals surface area contributed by atoms with E-state index in [-0.39, 0.29) is 5.92 Å². The normalized spacial score (nSPS) is 15.8. The SMILES string of the molecule is C[C@@H](OC(=O)C1CCN(C(N)=O)CC1)C(=O)Nc1ccc(C#N)cc1. The standard InChI is InChI=1S/C17H20N4O4/c1-11(15(22)20-14-4-2-12(10-18)3-5-14)25-16(23)13-6-8-21(9-7-13)17(19)24/h2-5,11,13H,6-9H2,1H3,(H2,19,24)(H,20,22)/t11-/m1/s1. The molecule has 8 nitrogen and oxygen atoms in total. The minimum Gasteiger partial charge on any atom is -0.452 e. The molecule has 0 unspecified atom stereocenters. The van der Waals surface area contributed by atoms with Crippen molar-refractivity contribution in [1.82, 2.24) is 4.90 Å². The van der Waals surface area contributed by atoms with Crippen molar-refractivity contribution in [3.63, 3.8) is 0 Å². The van der Waals surface area contributed by atoms with Gasteiger partial charge in [-0.2, -0.15) is 5.26 Å². The van der Waals surface area contributed by atoms with Crippen molar-refractivity contribution in [3.05, 3.63) is 29.8 Å². The Hall–Kier alpha value is -3.08. The fourth-order valence-corrected chi connectivity index (χ4v) is 2.53. The summed E-state index contributed by atoms with van der Waals surface area (Å²) >= 11 is 0. The number of benzene rings is 1. The van der Waals surface area contributed by atoms with Crippen LogP contribution in [0.1, 0.15) is 25.3 Å². The number of hydrogen-bond donors (Lipinski definition) is 2. The molecule has 1 atom stereocenters. The summed E-state index contributed by atoms with van der Waals surface area (Å²) in [5.74, 6) is -1.25. The Balaban J connectivity index is 1.83. The summed E-state index contributed by atoms with van der Waals surface area (Å²) in [5.41, 5.74) is 6.20. The molecule has 1 saturated heterocycles. The van der Waals surface area contributed by atoms with Gasteiger partial charge in [-0.3, -0.25) is 9.59 Å². The van der Waals surface area contributed by atoms with Crippen molar-refractivity contribution in [2.75, 3.05) is 18.4 Å². The Morgan fingerprint density at radius 2 is 1.88 bits per heavy atom. The number of carbonyl (C=O) groups excluding carboxylic acids is 3. The van der Waals surface area contributed by atoms with E-state index >= 15 is 0 Å². The first-order chi connectivity index (χ1) is 11.9. The molecule has 0 spiro atoms. The topological polar surface area (TPSA) is 126 Å². The van der Waals surface area contributed by atoms with E-state index in [2.05, 4.69) is 5.32 Å². The van der Waals surface area contributed by atoms with Crippen LogP contribution in [0.4, 0.5) is 10.5 Å². The molecule has 0 saturated carbocycles. The van der Waals surface area contributed by atoms with E-state index in [1.54, 1.807) is 24.3 Å². The molecule has 1 aromatic carbocycles. The quantitative estimate of drug-likeness (QED) is 0.794. The van der Waals surface area contributed by atoms with Crippen molar-refractivity contribution in [3.8, 4) is 6.07 Å². The molecule has 0 bridgehead atoms. The van der Waals surface area contributed by atoms with Crippen LogP contribution in [0.3, 0.4) is 0 Å². The molecule has 3 N–H and O–H groups in total. The number of anilines is 1. The van der Waals surface area contributed by atoms with Crippen molar-refractivity contribution >= 4 is 23.6 Å². The van der Waals surface area contributed by atoms with E-state index in [1.165, 1.54) is 11.8 Å². The number of hydrogen-bond acceptors (Lipinski definition) is 5. The highest BCUT2D eigenvalue weighted by Crippen LogP contribution is 2.19. The number of nitrogens with two attached hydrogens (primary N) is 1. The summed E-state index contributed by atoms with van der Waals surface area (Å²) in [6.07, 6.45) is -0.0189. The second-order valence-corrected chi connectivity index (χ2v) is 5.86. The zero-order valence-electron chi connectivity index (χ0n) is 13.9. The monoisotopic (exact) mass is 344 g/mol. The highest BCUT2D eigenvalue weighted by molar-refractivity contribution is 5.95. The number of rotatable bonds is 4. The van der Waals surface area contributed by atoms with Crippen LogP contribution in [-0.2, 0) is 14.3 Å². The van der Waals surface area contributed by atoms with Crippen molar-refractivity contribution in [2.24, 2.45) is 11.7 Å². The van der Waals surface area contributed by atoms with Gasteiger partial charge in [0.25, 0.3) is 5.91 Å². The number of ether oxygens (including phenoxy) is 1. The van der Waals surface area contributed by atoms with Crippen LogP contribution in [0.5, 0.6) is 0 Å². The predicted molar refractivity (Wildman–Crippen MR) is 89.2 cm³/mol. The van der Waals surface area contributed by atoms with Gasteiger partial charge < -0.3 is 20.7 Å². The first-order valence-corrected chi connectivity index (χ1v) is 7.96. The fraction of sp³-hybridized carbons (Fsp3) is 0.412. The van der Waals surface area contributed by atoms with E-state index in [4.69, 9.17) is 15.7 Å². The summed E-state index contributed by atoms with van der Waals surface area (Å²) in [7, 11) is 0. The smallest absolute Gasteiger partial charge is 0.314 e. The minimum atomic E-state index is -0.947. The second-order valence-electron chi connectivity index (χ2n) is 5.86. The maximum atomic E-state index is 12.2. The Labute approximate surface area is 145 Å². The number of esters is 1. The van der Waals surface area contributed by atoms with Crippen LogP contribution < -0.4 is 11.1 Å². The first-order valence-electron chi connectivity index (χ1n) is 7.96. The zero-order valence-corrected chi connectivity index (χ0v) is 13.9. The molecule has 25 heavy (non-hydrogen) atoms. The maximum absolute atomic E-state index is 12.2. The largest absolute Gasteiger partial charge is 0.452 e. The molecule has 132 valence electrons. The summed E-state index contributed by atoms with van der Waals surface area (Å²) in [6, 6.07) is 7.86. The molecule has 0 aromatic heterocycles. The zero-order chi connectivity index (χ0) is 18.4. The van der Waals surface area contributed by atoms with Crippen molar-refractivity contribution in [1.29, 1.82) is 5.26 Å². The average Bonchev–Trinajstić information content (AvgIpc) is 2.62. The van der Waals surface area contributed by atoms with Gasteiger partial charge in [-0.15, -0.1) is 0 Å². The molecular formula is C17H20N4O4. The summed E-state index contributed by atoms with van der Waals surface area (Å²) in [6.45, 7) is 2.30. The summed E-state index contributed by atoms with van der Waals surface area (Å²) in [4.78, 5) is 36.8. The maximum Gasteiger partial charge on any atom is 0.314 e. The number of carbonyl (C=O) groups is 3. The molecule has 1 heterocycles. The number of likely N-dealkylation sites (tertiary alicyclic amines) is 1. The lowest BCUT2D eigenvalue weighted by Crippen LogP contribution is -2.44. The van der Waals surface area contributed by atoms with Crippen LogP contribution in [0.25, 0.3) is 0 Å². The third-order valence-corrected chi connectivity index (χ3v) is 4.08. The highest BCUT2D eigenvalue weighted by atomic mass is 16.5. The van der Waals surface area contributed by atoms with E-state index in [9.17, 15) is 14.4 Å². The van der Waals surface area contributed by atoms with Gasteiger partial charge in [-0.05, 0) is 44.0 Å². The first kappa shape index (κ1) is 18.3. The van der Waals surface area contributed by atoms with Gasteiger partial charge in [0, 0.05) is 18.8 Å². The molecule has 3 amide bonds. The van der Waals surface area contributed by atoms with Crippen LogP contribution in [0.2, 0.25) is 0 Å². The third kappa shape index (κ3) is 4.94. The molecule has 8 heteroatoms. The number of primary amides is 1. The molecule has 0 radical (unpaired) electrons. The number of nitrogens with one attached hydrogen (secondary N) is 1. The number of nitriles is 1. The van der Waals surface area contributed by atoms with E-state index < -0.39 is 24.0 Å².